The molecule has 0 aromatic heterocycles. The number of carboxylic acids is 1. The highest BCUT2D eigenvalue weighted by molar-refractivity contribution is 5.82. The zero-order chi connectivity index (χ0) is 18.4. The van der Waals surface area contributed by atoms with Crippen LogP contribution in [0, 0.1) is 11.3 Å². The first-order valence-corrected chi connectivity index (χ1v) is 7.69. The van der Waals surface area contributed by atoms with Gasteiger partial charge < -0.3 is 19.9 Å². The van der Waals surface area contributed by atoms with Crippen molar-refractivity contribution in [3.63, 3.8) is 0 Å². The van der Waals surface area contributed by atoms with Gasteiger partial charge in [-0.3, -0.25) is 4.79 Å². The SMILES string of the molecule is CC[C@H](C)[C@H](NC(=O)OC(C)(C)C)C(=O)OCC(C)(C)C(=O)O. The summed E-state index contributed by atoms with van der Waals surface area (Å²) in [5.74, 6) is -1.91. The van der Waals surface area contributed by atoms with Crippen molar-refractivity contribution in [2.24, 2.45) is 11.3 Å². The van der Waals surface area contributed by atoms with Crippen LogP contribution >= 0.6 is 0 Å². The number of esters is 1. The Bertz CT molecular complexity index is 438. The molecule has 2 N–H and O–H groups in total. The van der Waals surface area contributed by atoms with Gasteiger partial charge in [-0.25, -0.2) is 9.59 Å². The Morgan fingerprint density at radius 2 is 1.65 bits per heavy atom. The molecule has 7 nitrogen and oxygen atoms in total. The van der Waals surface area contributed by atoms with Gasteiger partial charge in [0.05, 0.1) is 5.41 Å². The van der Waals surface area contributed by atoms with E-state index in [-0.39, 0.29) is 12.5 Å². The molecule has 0 aliphatic carbocycles. The molecule has 134 valence electrons. The van der Waals surface area contributed by atoms with Crippen molar-refractivity contribution < 1.29 is 29.0 Å². The van der Waals surface area contributed by atoms with Crippen molar-refractivity contribution in [1.82, 2.24) is 5.32 Å². The molecule has 0 radical (unpaired) electrons. The molecule has 0 bridgehead atoms. The number of ether oxygens (including phenoxy) is 2. The maximum atomic E-state index is 12.2. The molecule has 23 heavy (non-hydrogen) atoms. The minimum absolute atomic E-state index is 0.178. The van der Waals surface area contributed by atoms with E-state index in [2.05, 4.69) is 5.32 Å². The lowest BCUT2D eigenvalue weighted by Crippen LogP contribution is -2.48. The molecule has 0 spiro atoms. The van der Waals surface area contributed by atoms with Gasteiger partial charge in [-0.05, 0) is 40.5 Å². The monoisotopic (exact) mass is 331 g/mol. The second-order valence-corrected chi connectivity index (χ2v) is 7.31. The first-order chi connectivity index (χ1) is 10.3. The summed E-state index contributed by atoms with van der Waals surface area (Å²) >= 11 is 0. The number of carbonyl (C=O) groups excluding carboxylic acids is 2. The summed E-state index contributed by atoms with van der Waals surface area (Å²) in [7, 11) is 0. The van der Waals surface area contributed by atoms with Crippen LogP contribution in [0.3, 0.4) is 0 Å². The molecule has 2 atom stereocenters. The molecule has 0 aromatic rings. The summed E-state index contributed by atoms with van der Waals surface area (Å²) in [6, 6.07) is -0.889. The summed E-state index contributed by atoms with van der Waals surface area (Å²) in [5.41, 5.74) is -1.87. The van der Waals surface area contributed by atoms with Crippen LogP contribution in [0.25, 0.3) is 0 Å². The zero-order valence-electron chi connectivity index (χ0n) is 15.1. The van der Waals surface area contributed by atoms with Crippen molar-refractivity contribution in [3.8, 4) is 0 Å². The molecule has 1 amide bonds. The van der Waals surface area contributed by atoms with Crippen molar-refractivity contribution in [2.45, 2.75) is 66.5 Å². The summed E-state index contributed by atoms with van der Waals surface area (Å²) in [4.78, 5) is 35.1. The van der Waals surface area contributed by atoms with E-state index >= 15 is 0 Å². The minimum Gasteiger partial charge on any atom is -0.481 e. The number of carboxylic acid groups (broad SMARTS) is 1. The van der Waals surface area contributed by atoms with E-state index in [9.17, 15) is 14.4 Å². The van der Waals surface area contributed by atoms with Crippen LogP contribution < -0.4 is 5.32 Å². The highest BCUT2D eigenvalue weighted by Gasteiger charge is 2.33. The highest BCUT2D eigenvalue weighted by atomic mass is 16.6. The average molecular weight is 331 g/mol. The molecule has 0 heterocycles. The molecule has 0 aliphatic rings. The number of hydrogen-bond donors (Lipinski definition) is 2. The lowest BCUT2D eigenvalue weighted by atomic mass is 9.95. The van der Waals surface area contributed by atoms with Gasteiger partial charge in [0.2, 0.25) is 0 Å². The van der Waals surface area contributed by atoms with Gasteiger partial charge in [0.15, 0.2) is 0 Å². The van der Waals surface area contributed by atoms with E-state index in [1.165, 1.54) is 13.8 Å². The van der Waals surface area contributed by atoms with Crippen molar-refractivity contribution in [2.75, 3.05) is 6.61 Å². The molecule has 0 saturated heterocycles. The van der Waals surface area contributed by atoms with Gasteiger partial charge in [-0.2, -0.15) is 0 Å². The number of rotatable bonds is 7. The van der Waals surface area contributed by atoms with Gasteiger partial charge in [0.25, 0.3) is 0 Å². The Hall–Kier alpha value is -1.79. The van der Waals surface area contributed by atoms with Crippen molar-refractivity contribution >= 4 is 18.0 Å². The predicted molar refractivity (Wildman–Crippen MR) is 85.0 cm³/mol. The third kappa shape index (κ3) is 7.85. The van der Waals surface area contributed by atoms with Gasteiger partial charge >= 0.3 is 18.0 Å². The Labute approximate surface area is 137 Å². The van der Waals surface area contributed by atoms with Crippen LogP contribution in [-0.2, 0) is 19.1 Å². The number of carbonyl (C=O) groups is 3. The minimum atomic E-state index is -1.19. The van der Waals surface area contributed by atoms with E-state index in [0.717, 1.165) is 0 Å². The third-order valence-corrected chi connectivity index (χ3v) is 3.29. The summed E-state index contributed by atoms with van der Waals surface area (Å²) in [5, 5.41) is 11.5. The van der Waals surface area contributed by atoms with Crippen LogP contribution in [0.5, 0.6) is 0 Å². The Balaban J connectivity index is 4.88. The lowest BCUT2D eigenvalue weighted by molar-refractivity contribution is -0.158. The van der Waals surface area contributed by atoms with E-state index in [1.807, 2.05) is 6.92 Å². The first-order valence-electron chi connectivity index (χ1n) is 7.69. The number of aliphatic carboxylic acids is 1. The maximum absolute atomic E-state index is 12.2. The molecule has 0 rings (SSSR count). The topological polar surface area (TPSA) is 102 Å². The standard InChI is InChI=1S/C16H29NO6/c1-8-10(2)11(17-14(21)23-15(3,4)5)12(18)22-9-16(6,7)13(19)20/h10-11H,8-9H2,1-7H3,(H,17,21)(H,19,20)/t10-,11-/m0/s1. The fraction of sp³-hybridized carbons (Fsp3) is 0.812. The van der Waals surface area contributed by atoms with Gasteiger partial charge in [0.1, 0.15) is 18.2 Å². The van der Waals surface area contributed by atoms with Crippen LogP contribution in [0.4, 0.5) is 4.79 Å². The molecule has 0 saturated carbocycles. The van der Waals surface area contributed by atoms with Crippen LogP contribution in [0.2, 0.25) is 0 Å². The second kappa shape index (κ2) is 8.17. The molecular formula is C16H29NO6. The zero-order valence-corrected chi connectivity index (χ0v) is 15.1. The summed E-state index contributed by atoms with van der Waals surface area (Å²) in [6.07, 6.45) is -0.0741. The number of hydrogen-bond acceptors (Lipinski definition) is 5. The van der Waals surface area contributed by atoms with E-state index in [4.69, 9.17) is 14.6 Å². The Morgan fingerprint density at radius 3 is 2.04 bits per heavy atom. The van der Waals surface area contributed by atoms with Crippen LogP contribution in [0.1, 0.15) is 54.9 Å². The maximum Gasteiger partial charge on any atom is 0.408 e. The molecule has 7 heteroatoms. The number of nitrogens with one attached hydrogen (secondary N) is 1. The molecular weight excluding hydrogens is 302 g/mol. The van der Waals surface area contributed by atoms with Crippen LogP contribution in [0.15, 0.2) is 0 Å². The fourth-order valence-corrected chi connectivity index (χ4v) is 1.51. The summed E-state index contributed by atoms with van der Waals surface area (Å²) < 4.78 is 10.2. The quantitative estimate of drug-likeness (QED) is 0.695. The van der Waals surface area contributed by atoms with Gasteiger partial charge in [0, 0.05) is 0 Å². The Kier molecular flexibility index (Phi) is 7.54. The molecule has 0 unspecified atom stereocenters. The van der Waals surface area contributed by atoms with E-state index < -0.39 is 35.1 Å². The first kappa shape index (κ1) is 21.2. The van der Waals surface area contributed by atoms with E-state index in [0.29, 0.717) is 6.42 Å². The number of alkyl carbamates (subject to hydrolysis) is 1. The number of amides is 1. The molecule has 0 aromatic carbocycles. The second-order valence-electron chi connectivity index (χ2n) is 7.31. The largest absolute Gasteiger partial charge is 0.481 e. The van der Waals surface area contributed by atoms with Crippen LogP contribution in [-0.4, -0.2) is 41.4 Å². The van der Waals surface area contributed by atoms with Gasteiger partial charge in [-0.1, -0.05) is 20.3 Å². The van der Waals surface area contributed by atoms with Crippen molar-refractivity contribution in [1.29, 1.82) is 0 Å². The van der Waals surface area contributed by atoms with E-state index in [1.54, 1.807) is 27.7 Å². The average Bonchev–Trinajstić information content (AvgIpc) is 2.39. The normalized spacial score (nSPS) is 14.6. The Morgan fingerprint density at radius 1 is 1.13 bits per heavy atom. The van der Waals surface area contributed by atoms with Crippen molar-refractivity contribution in [3.05, 3.63) is 0 Å². The highest BCUT2D eigenvalue weighted by Crippen LogP contribution is 2.18. The van der Waals surface area contributed by atoms with Gasteiger partial charge in [-0.15, -0.1) is 0 Å². The summed E-state index contributed by atoms with van der Waals surface area (Å²) in [6.45, 7) is 11.5. The predicted octanol–water partition coefficient (Wildman–Crippen LogP) is 2.58. The fourth-order valence-electron chi connectivity index (χ4n) is 1.51. The smallest absolute Gasteiger partial charge is 0.408 e. The third-order valence-electron chi connectivity index (χ3n) is 3.29. The molecule has 0 fully saturated rings. The lowest BCUT2D eigenvalue weighted by Gasteiger charge is -2.27. The molecule has 0 aliphatic heterocycles.